The van der Waals surface area contributed by atoms with Crippen LogP contribution in [0.15, 0.2) is 251 Å². The van der Waals surface area contributed by atoms with Crippen molar-refractivity contribution in [3.8, 4) is 73.9 Å². The number of nitrogens with zero attached hydrogens (tertiary/aromatic N) is 6. The maximum atomic E-state index is 10.5. The molecule has 0 saturated carbocycles. The van der Waals surface area contributed by atoms with E-state index in [1.807, 2.05) is 109 Å². The minimum absolute atomic E-state index is 0.506. The highest BCUT2D eigenvalue weighted by atomic mass is 16.3. The first-order chi connectivity index (χ1) is 38.6. The summed E-state index contributed by atoms with van der Waals surface area (Å²) in [6.07, 6.45) is 0. The van der Waals surface area contributed by atoms with E-state index >= 15 is 0 Å². The molecule has 0 amide bonds. The van der Waals surface area contributed by atoms with Crippen molar-refractivity contribution in [2.24, 2.45) is 0 Å². The molecule has 0 bridgehead atoms. The van der Waals surface area contributed by atoms with Crippen molar-refractivity contribution >= 4 is 87.5 Å². The third-order valence-electron chi connectivity index (χ3n) is 15.4. The molecular weight excluding hydrogens is 957 g/mol. The summed E-state index contributed by atoms with van der Waals surface area (Å²) in [5.74, 6) is 1.62. The van der Waals surface area contributed by atoms with Crippen LogP contribution in [-0.2, 0) is 0 Å². The minimum Gasteiger partial charge on any atom is -0.455 e. The Labute approximate surface area is 445 Å². The van der Waals surface area contributed by atoms with Crippen LogP contribution in [0.25, 0.3) is 155 Å². The zero-order chi connectivity index (χ0) is 51.4. The first-order valence-electron chi connectivity index (χ1n) is 26.0. The van der Waals surface area contributed by atoms with Crippen LogP contribution in [0, 0.1) is 11.3 Å². The summed E-state index contributed by atoms with van der Waals surface area (Å²) in [6.45, 7) is 0. The van der Waals surface area contributed by atoms with E-state index in [1.165, 1.54) is 0 Å². The lowest BCUT2D eigenvalue weighted by atomic mass is 9.93. The summed E-state index contributed by atoms with van der Waals surface area (Å²) in [6, 6.07) is 86.0. The Morgan fingerprint density at radius 3 is 1.31 bits per heavy atom. The number of fused-ring (bicyclic) bond motifs is 14. The molecule has 0 radical (unpaired) electrons. The van der Waals surface area contributed by atoms with Gasteiger partial charge in [-0.25, -0.2) is 15.0 Å². The van der Waals surface area contributed by atoms with Crippen molar-refractivity contribution in [3.05, 3.63) is 248 Å². The van der Waals surface area contributed by atoms with Gasteiger partial charge in [0.1, 0.15) is 22.3 Å². The molecular formula is C70H40N6O2. The first-order valence-corrected chi connectivity index (χ1v) is 26.0. The van der Waals surface area contributed by atoms with E-state index in [4.69, 9.17) is 23.8 Å². The molecule has 8 nitrogen and oxygen atoms in total. The topological polar surface area (TPSA) is 98.6 Å². The summed E-state index contributed by atoms with van der Waals surface area (Å²) < 4.78 is 18.2. The van der Waals surface area contributed by atoms with Gasteiger partial charge in [-0.3, -0.25) is 0 Å². The van der Waals surface area contributed by atoms with Crippen LogP contribution in [-0.4, -0.2) is 24.1 Å². The van der Waals surface area contributed by atoms with Gasteiger partial charge in [0, 0.05) is 54.6 Å². The van der Waals surface area contributed by atoms with Crippen LogP contribution in [0.5, 0.6) is 0 Å². The number of rotatable bonds is 7. The zero-order valence-electron chi connectivity index (χ0n) is 41.6. The highest BCUT2D eigenvalue weighted by Gasteiger charge is 2.26. The highest BCUT2D eigenvalue weighted by Crippen LogP contribution is 2.46. The lowest BCUT2D eigenvalue weighted by Crippen LogP contribution is -2.04. The van der Waals surface area contributed by atoms with Crippen molar-refractivity contribution in [3.63, 3.8) is 0 Å². The molecule has 0 fully saturated rings. The van der Waals surface area contributed by atoms with Crippen LogP contribution in [0.3, 0.4) is 0 Å². The largest absolute Gasteiger partial charge is 0.455 e. The molecule has 5 heterocycles. The van der Waals surface area contributed by atoms with E-state index in [2.05, 4.69) is 149 Å². The number of benzene rings is 11. The summed E-state index contributed by atoms with van der Waals surface area (Å²) in [7, 11) is 0. The van der Waals surface area contributed by atoms with E-state index < -0.39 is 0 Å². The van der Waals surface area contributed by atoms with E-state index in [-0.39, 0.29) is 0 Å². The van der Waals surface area contributed by atoms with Gasteiger partial charge in [-0.15, -0.1) is 0 Å². The predicted octanol–water partition coefficient (Wildman–Crippen LogP) is 18.1. The summed E-state index contributed by atoms with van der Waals surface area (Å²) >= 11 is 0. The second-order valence-electron chi connectivity index (χ2n) is 19.7. The van der Waals surface area contributed by atoms with E-state index in [0.29, 0.717) is 23.0 Å². The molecule has 16 rings (SSSR count). The number of para-hydroxylation sites is 4. The van der Waals surface area contributed by atoms with Gasteiger partial charge in [-0.05, 0) is 95.6 Å². The molecule has 8 heteroatoms. The molecule has 0 spiro atoms. The third kappa shape index (κ3) is 6.55. The maximum absolute atomic E-state index is 10.5. The molecule has 0 aliphatic carbocycles. The fourth-order valence-electron chi connectivity index (χ4n) is 12.0. The molecule has 0 aliphatic heterocycles. The Hall–Kier alpha value is -10.9. The molecule has 0 saturated heterocycles. The van der Waals surface area contributed by atoms with Gasteiger partial charge >= 0.3 is 0 Å². The van der Waals surface area contributed by atoms with Crippen molar-refractivity contribution in [1.29, 1.82) is 5.26 Å². The maximum Gasteiger partial charge on any atom is 0.166 e. The zero-order valence-corrected chi connectivity index (χ0v) is 41.6. The van der Waals surface area contributed by atoms with Gasteiger partial charge in [0.25, 0.3) is 0 Å². The van der Waals surface area contributed by atoms with Crippen molar-refractivity contribution in [2.75, 3.05) is 0 Å². The number of nitriles is 1. The number of hydrogen-bond donors (Lipinski definition) is 0. The average molecular weight is 997 g/mol. The van der Waals surface area contributed by atoms with Gasteiger partial charge in [0.15, 0.2) is 17.5 Å². The second kappa shape index (κ2) is 17.1. The normalized spacial score (nSPS) is 11.8. The van der Waals surface area contributed by atoms with E-state index in [1.54, 1.807) is 0 Å². The number of aromatic nitrogens is 5. The van der Waals surface area contributed by atoms with Gasteiger partial charge in [0.05, 0.1) is 55.8 Å². The van der Waals surface area contributed by atoms with Crippen LogP contribution < -0.4 is 0 Å². The van der Waals surface area contributed by atoms with Crippen molar-refractivity contribution in [2.45, 2.75) is 0 Å². The Bertz CT molecular complexity index is 5120. The number of furan rings is 2. The summed E-state index contributed by atoms with van der Waals surface area (Å²) in [5.41, 5.74) is 16.0. The third-order valence-corrected chi connectivity index (χ3v) is 15.4. The minimum atomic E-state index is 0.506. The standard InChI is InChI=1S/C70H40N6O2/c71-41-46-21-7-8-22-47(46)44-31-35-58(75-56-27-13-9-25-52(56)64-60(75)37-33-50-48-23-11-15-29-62(48)77-66(50)64)54(39-44)45-32-36-59(55(40-45)70-73-68(42-17-3-1-4-18-42)72-69(74-70)43-19-5-2-6-20-43)76-57-28-14-10-26-53(57)65-61(76)38-34-51-49-24-12-16-30-63(49)78-67(51)65/h1-40H. The fourth-order valence-corrected chi connectivity index (χ4v) is 12.0. The van der Waals surface area contributed by atoms with Gasteiger partial charge < -0.3 is 18.0 Å². The van der Waals surface area contributed by atoms with Crippen LogP contribution >= 0.6 is 0 Å². The molecule has 5 aromatic heterocycles. The van der Waals surface area contributed by atoms with Crippen LogP contribution in [0.4, 0.5) is 0 Å². The molecule has 0 N–H and O–H groups in total. The van der Waals surface area contributed by atoms with Crippen molar-refractivity contribution in [1.82, 2.24) is 24.1 Å². The SMILES string of the molecule is N#Cc1ccccc1-c1ccc(-n2c3ccccc3c3c4oc5ccccc5c4ccc32)c(-c2ccc(-n3c4ccccc4c4c5oc6ccccc6c5ccc43)c(-c3nc(-c4ccccc4)nc(-c4ccccc4)n3)c2)c1. The molecule has 0 aliphatic rings. The Morgan fingerprint density at radius 1 is 0.321 bits per heavy atom. The monoisotopic (exact) mass is 996 g/mol. The van der Waals surface area contributed by atoms with Gasteiger partial charge in [-0.1, -0.05) is 164 Å². The predicted molar refractivity (Wildman–Crippen MR) is 315 cm³/mol. The summed E-state index contributed by atoms with van der Waals surface area (Å²) in [5, 5.41) is 19.0. The van der Waals surface area contributed by atoms with E-state index in [0.717, 1.165) is 138 Å². The Morgan fingerprint density at radius 2 is 0.756 bits per heavy atom. The average Bonchev–Trinajstić information content (AvgIpc) is 4.41. The van der Waals surface area contributed by atoms with Crippen LogP contribution in [0.1, 0.15) is 5.56 Å². The smallest absolute Gasteiger partial charge is 0.166 e. The lowest BCUT2D eigenvalue weighted by molar-refractivity contribution is 0.672. The van der Waals surface area contributed by atoms with Crippen LogP contribution in [0.2, 0.25) is 0 Å². The first kappa shape index (κ1) is 43.5. The number of hydrogen-bond acceptors (Lipinski definition) is 6. The molecule has 11 aromatic carbocycles. The Balaban J connectivity index is 1.02. The molecule has 16 aromatic rings. The van der Waals surface area contributed by atoms with Crippen molar-refractivity contribution < 1.29 is 8.83 Å². The quantitative estimate of drug-likeness (QED) is 0.158. The highest BCUT2D eigenvalue weighted by molar-refractivity contribution is 6.25. The molecule has 362 valence electrons. The molecule has 78 heavy (non-hydrogen) atoms. The second-order valence-corrected chi connectivity index (χ2v) is 19.7. The molecule has 0 unspecified atom stereocenters. The Kier molecular flexibility index (Phi) is 9.53. The summed E-state index contributed by atoms with van der Waals surface area (Å²) in [4.78, 5) is 16.0. The lowest BCUT2D eigenvalue weighted by Gasteiger charge is -2.19. The fraction of sp³-hybridized carbons (Fsp3) is 0. The van der Waals surface area contributed by atoms with Gasteiger partial charge in [0.2, 0.25) is 0 Å². The van der Waals surface area contributed by atoms with Gasteiger partial charge in [-0.2, -0.15) is 5.26 Å². The molecule has 0 atom stereocenters. The van der Waals surface area contributed by atoms with E-state index in [9.17, 15) is 5.26 Å².